The van der Waals surface area contributed by atoms with Crippen LogP contribution in [-0.2, 0) is 16.8 Å². The molecule has 0 atom stereocenters. The van der Waals surface area contributed by atoms with E-state index in [-0.39, 0.29) is 6.04 Å². The van der Waals surface area contributed by atoms with Crippen molar-refractivity contribution in [2.75, 3.05) is 13.1 Å². The Hall–Kier alpha value is -0.980. The molecule has 2 heterocycles. The zero-order valence-corrected chi connectivity index (χ0v) is 12.4. The first-order valence-corrected chi connectivity index (χ1v) is 8.74. The van der Waals surface area contributed by atoms with Crippen molar-refractivity contribution < 1.29 is 8.42 Å². The maximum atomic E-state index is 12.8. The third-order valence-electron chi connectivity index (χ3n) is 3.94. The quantitative estimate of drug-likeness (QED) is 0.832. The summed E-state index contributed by atoms with van der Waals surface area (Å²) in [5.74, 6) is 0. The van der Waals surface area contributed by atoms with Gasteiger partial charge in [-0.2, -0.15) is 17.0 Å². The number of aromatic nitrogens is 1. The summed E-state index contributed by atoms with van der Waals surface area (Å²) in [5, 5.41) is 0. The van der Waals surface area contributed by atoms with Crippen molar-refractivity contribution in [3.05, 3.63) is 30.1 Å². The lowest BCUT2D eigenvalue weighted by Crippen LogP contribution is -2.46. The summed E-state index contributed by atoms with van der Waals surface area (Å²) in [7, 11) is -3.33. The van der Waals surface area contributed by atoms with Gasteiger partial charge in [0, 0.05) is 25.3 Å². The third kappa shape index (κ3) is 3.02. The van der Waals surface area contributed by atoms with Gasteiger partial charge in [0.25, 0.3) is 10.2 Å². The second-order valence-electron chi connectivity index (χ2n) is 5.56. The molecule has 1 saturated carbocycles. The van der Waals surface area contributed by atoms with Crippen LogP contribution < -0.4 is 0 Å². The van der Waals surface area contributed by atoms with E-state index in [4.69, 9.17) is 0 Å². The lowest BCUT2D eigenvalue weighted by Gasteiger charge is -2.32. The molecule has 5 nitrogen and oxygen atoms in total. The number of nitrogens with zero attached hydrogens (tertiary/aromatic N) is 3. The lowest BCUT2D eigenvalue weighted by molar-refractivity contribution is 0.295. The van der Waals surface area contributed by atoms with Gasteiger partial charge in [-0.15, -0.1) is 0 Å². The van der Waals surface area contributed by atoms with Crippen molar-refractivity contribution in [2.45, 2.75) is 44.7 Å². The molecule has 0 N–H and O–H groups in total. The highest BCUT2D eigenvalue weighted by molar-refractivity contribution is 7.86. The summed E-state index contributed by atoms with van der Waals surface area (Å²) < 4.78 is 28.9. The molecule has 20 heavy (non-hydrogen) atoms. The van der Waals surface area contributed by atoms with Gasteiger partial charge >= 0.3 is 0 Å². The van der Waals surface area contributed by atoms with Gasteiger partial charge < -0.3 is 0 Å². The summed E-state index contributed by atoms with van der Waals surface area (Å²) in [6.07, 6.45) is 6.74. The first-order valence-electron chi connectivity index (χ1n) is 7.35. The Morgan fingerprint density at radius 2 is 1.95 bits per heavy atom. The molecule has 1 saturated heterocycles. The van der Waals surface area contributed by atoms with E-state index in [1.165, 1.54) is 0 Å². The zero-order chi connectivity index (χ0) is 14.0. The monoisotopic (exact) mass is 295 g/mol. The van der Waals surface area contributed by atoms with Crippen LogP contribution in [0.1, 0.15) is 37.8 Å². The first-order chi connectivity index (χ1) is 9.68. The summed E-state index contributed by atoms with van der Waals surface area (Å²) in [6, 6.07) is 5.82. The number of pyridine rings is 1. The van der Waals surface area contributed by atoms with E-state index in [0.29, 0.717) is 19.6 Å². The maximum absolute atomic E-state index is 12.8. The standard InChI is InChI=1S/C14H21N3O2S/c18-20(19,16-10-4-1-5-11-16)17(14-7-8-14)12-13-6-2-3-9-15-13/h2-3,6,9,14H,1,4-5,7-8,10-12H2. The first kappa shape index (κ1) is 14.0. The van der Waals surface area contributed by atoms with Crippen LogP contribution in [0.25, 0.3) is 0 Å². The molecule has 1 aromatic heterocycles. The second-order valence-corrected chi connectivity index (χ2v) is 7.45. The van der Waals surface area contributed by atoms with E-state index < -0.39 is 10.2 Å². The smallest absolute Gasteiger partial charge is 0.260 e. The molecule has 1 aliphatic heterocycles. The fourth-order valence-corrected chi connectivity index (χ4v) is 4.56. The average Bonchev–Trinajstić information content (AvgIpc) is 3.31. The van der Waals surface area contributed by atoms with Crippen LogP contribution in [0, 0.1) is 0 Å². The van der Waals surface area contributed by atoms with E-state index >= 15 is 0 Å². The largest absolute Gasteiger partial charge is 0.282 e. The molecule has 6 heteroatoms. The fourth-order valence-electron chi connectivity index (χ4n) is 2.66. The minimum Gasteiger partial charge on any atom is -0.260 e. The molecular weight excluding hydrogens is 274 g/mol. The summed E-state index contributed by atoms with van der Waals surface area (Å²) in [5.41, 5.74) is 0.819. The Morgan fingerprint density at radius 1 is 1.20 bits per heavy atom. The molecule has 1 aliphatic carbocycles. The van der Waals surface area contributed by atoms with Crippen LogP contribution in [0.4, 0.5) is 0 Å². The molecule has 3 rings (SSSR count). The molecule has 0 spiro atoms. The van der Waals surface area contributed by atoms with Gasteiger partial charge in [0.05, 0.1) is 12.2 Å². The number of rotatable bonds is 5. The normalized spacial score (nSPS) is 21.2. The molecular formula is C14H21N3O2S. The predicted molar refractivity (Wildman–Crippen MR) is 77.1 cm³/mol. The number of piperidine rings is 1. The van der Waals surface area contributed by atoms with Crippen LogP contribution in [0.3, 0.4) is 0 Å². The highest BCUT2D eigenvalue weighted by Crippen LogP contribution is 2.32. The van der Waals surface area contributed by atoms with Gasteiger partial charge in [0.1, 0.15) is 0 Å². The summed E-state index contributed by atoms with van der Waals surface area (Å²) in [6.45, 7) is 1.71. The third-order valence-corrected chi connectivity index (χ3v) is 5.97. The Balaban J connectivity index is 1.79. The van der Waals surface area contributed by atoms with Crippen LogP contribution in [0.2, 0.25) is 0 Å². The van der Waals surface area contributed by atoms with E-state index in [1.807, 2.05) is 18.2 Å². The van der Waals surface area contributed by atoms with Crippen LogP contribution in [0.5, 0.6) is 0 Å². The van der Waals surface area contributed by atoms with Gasteiger partial charge in [0.2, 0.25) is 0 Å². The van der Waals surface area contributed by atoms with Gasteiger partial charge in [-0.25, -0.2) is 0 Å². The van der Waals surface area contributed by atoms with E-state index in [9.17, 15) is 8.42 Å². The van der Waals surface area contributed by atoms with Crippen molar-refractivity contribution in [2.24, 2.45) is 0 Å². The average molecular weight is 295 g/mol. The Labute approximate surface area is 120 Å². The topological polar surface area (TPSA) is 53.5 Å². The minimum absolute atomic E-state index is 0.170. The van der Waals surface area contributed by atoms with Crippen molar-refractivity contribution in [1.82, 2.24) is 13.6 Å². The predicted octanol–water partition coefficient (Wildman–Crippen LogP) is 1.78. The van der Waals surface area contributed by atoms with Crippen LogP contribution in [0.15, 0.2) is 24.4 Å². The van der Waals surface area contributed by atoms with Crippen molar-refractivity contribution in [3.8, 4) is 0 Å². The number of hydrogen-bond donors (Lipinski definition) is 0. The molecule has 0 unspecified atom stereocenters. The van der Waals surface area contributed by atoms with Crippen LogP contribution >= 0.6 is 0 Å². The summed E-state index contributed by atoms with van der Waals surface area (Å²) in [4.78, 5) is 4.26. The van der Waals surface area contributed by atoms with Gasteiger partial charge in [-0.3, -0.25) is 4.98 Å². The zero-order valence-electron chi connectivity index (χ0n) is 11.6. The van der Waals surface area contributed by atoms with E-state index in [0.717, 1.165) is 37.8 Å². The number of hydrogen-bond acceptors (Lipinski definition) is 3. The van der Waals surface area contributed by atoms with Gasteiger partial charge in [0.15, 0.2) is 0 Å². The fraction of sp³-hybridized carbons (Fsp3) is 0.643. The van der Waals surface area contributed by atoms with Crippen LogP contribution in [-0.4, -0.2) is 41.1 Å². The molecule has 1 aromatic rings. The molecule has 0 radical (unpaired) electrons. The second kappa shape index (κ2) is 5.79. The highest BCUT2D eigenvalue weighted by Gasteiger charge is 2.40. The van der Waals surface area contributed by atoms with Crippen molar-refractivity contribution in [1.29, 1.82) is 0 Å². The maximum Gasteiger partial charge on any atom is 0.282 e. The Morgan fingerprint density at radius 3 is 2.55 bits per heavy atom. The van der Waals surface area contributed by atoms with Crippen molar-refractivity contribution >= 4 is 10.2 Å². The molecule has 2 aliphatic rings. The lowest BCUT2D eigenvalue weighted by atomic mass is 10.2. The summed E-state index contributed by atoms with van der Waals surface area (Å²) >= 11 is 0. The molecule has 2 fully saturated rings. The molecule has 110 valence electrons. The molecule has 0 bridgehead atoms. The Bertz CT molecular complexity index is 537. The van der Waals surface area contributed by atoms with E-state index in [1.54, 1.807) is 14.8 Å². The Kier molecular flexibility index (Phi) is 4.05. The SMILES string of the molecule is O=S(=O)(N1CCCCC1)N(Cc1ccccn1)C1CC1. The van der Waals surface area contributed by atoms with Gasteiger partial charge in [-0.05, 0) is 37.8 Å². The highest BCUT2D eigenvalue weighted by atomic mass is 32.2. The molecule has 0 amide bonds. The van der Waals surface area contributed by atoms with E-state index in [2.05, 4.69) is 4.98 Å². The van der Waals surface area contributed by atoms with Crippen molar-refractivity contribution in [3.63, 3.8) is 0 Å². The molecule has 0 aromatic carbocycles. The minimum atomic E-state index is -3.33. The van der Waals surface area contributed by atoms with Gasteiger partial charge in [-0.1, -0.05) is 12.5 Å².